The Hall–Kier alpha value is -1.43. The zero-order valence-electron chi connectivity index (χ0n) is 12.0. The van der Waals surface area contributed by atoms with Crippen LogP contribution in [0.2, 0.25) is 5.02 Å². The summed E-state index contributed by atoms with van der Waals surface area (Å²) in [6.07, 6.45) is 4.24. The molecule has 1 unspecified atom stereocenters. The number of hydrogen-bond donors (Lipinski definition) is 1. The molecule has 1 atom stereocenters. The van der Waals surface area contributed by atoms with E-state index in [0.29, 0.717) is 23.7 Å². The molecule has 0 bridgehead atoms. The molecule has 1 amide bonds. The van der Waals surface area contributed by atoms with Crippen molar-refractivity contribution >= 4 is 28.8 Å². The van der Waals surface area contributed by atoms with Gasteiger partial charge in [0.25, 0.3) is 5.91 Å². The lowest BCUT2D eigenvalue weighted by atomic mass is 9.90. The fraction of sp³-hybridized carbons (Fsp3) is 0.375. The molecular weight excluding hydrogens is 320 g/mol. The van der Waals surface area contributed by atoms with E-state index in [1.165, 1.54) is 6.20 Å². The highest BCUT2D eigenvalue weighted by Crippen LogP contribution is 2.33. The number of rotatable bonds is 3. The molecule has 1 aliphatic heterocycles. The SMILES string of the molecule is O=C(c1cncc(Cl)c1)N1CCC(C(O)c2cccs2)CC1. The summed E-state index contributed by atoms with van der Waals surface area (Å²) in [5, 5.41) is 12.8. The Bertz CT molecular complexity index is 639. The highest BCUT2D eigenvalue weighted by Gasteiger charge is 2.29. The van der Waals surface area contributed by atoms with Crippen LogP contribution in [0, 0.1) is 5.92 Å². The lowest BCUT2D eigenvalue weighted by molar-refractivity contribution is 0.0474. The summed E-state index contributed by atoms with van der Waals surface area (Å²) in [5.74, 6) is 0.166. The first-order chi connectivity index (χ1) is 10.6. The Morgan fingerprint density at radius 1 is 1.41 bits per heavy atom. The van der Waals surface area contributed by atoms with Crippen molar-refractivity contribution < 1.29 is 9.90 Å². The first-order valence-electron chi connectivity index (χ1n) is 7.26. The van der Waals surface area contributed by atoms with Gasteiger partial charge < -0.3 is 10.0 Å². The van der Waals surface area contributed by atoms with E-state index in [2.05, 4.69) is 4.98 Å². The normalized spacial score (nSPS) is 17.5. The molecule has 1 N–H and O–H groups in total. The van der Waals surface area contributed by atoms with Crippen molar-refractivity contribution in [1.82, 2.24) is 9.88 Å². The molecule has 116 valence electrons. The van der Waals surface area contributed by atoms with E-state index in [1.807, 2.05) is 22.4 Å². The van der Waals surface area contributed by atoms with Crippen LogP contribution < -0.4 is 0 Å². The Morgan fingerprint density at radius 2 is 2.18 bits per heavy atom. The van der Waals surface area contributed by atoms with Gasteiger partial charge in [-0.15, -0.1) is 11.3 Å². The molecule has 3 heterocycles. The maximum Gasteiger partial charge on any atom is 0.255 e. The van der Waals surface area contributed by atoms with Gasteiger partial charge >= 0.3 is 0 Å². The number of carbonyl (C=O) groups is 1. The summed E-state index contributed by atoms with van der Waals surface area (Å²) in [4.78, 5) is 19.2. The molecule has 0 aliphatic carbocycles. The predicted molar refractivity (Wildman–Crippen MR) is 87.2 cm³/mol. The summed E-state index contributed by atoms with van der Waals surface area (Å²) in [5.41, 5.74) is 0.518. The summed E-state index contributed by atoms with van der Waals surface area (Å²) < 4.78 is 0. The number of halogens is 1. The third-order valence-electron chi connectivity index (χ3n) is 4.06. The second kappa shape index (κ2) is 6.77. The Balaban J connectivity index is 1.61. The molecular formula is C16H17ClN2O2S. The van der Waals surface area contributed by atoms with Crippen LogP contribution in [0.25, 0.3) is 0 Å². The zero-order valence-corrected chi connectivity index (χ0v) is 13.6. The molecule has 6 heteroatoms. The molecule has 1 aliphatic rings. The number of aliphatic hydroxyl groups is 1. The van der Waals surface area contributed by atoms with Gasteiger partial charge in [-0.3, -0.25) is 9.78 Å². The molecule has 0 spiro atoms. The van der Waals surface area contributed by atoms with Crippen molar-refractivity contribution in [3.8, 4) is 0 Å². The van der Waals surface area contributed by atoms with Gasteiger partial charge in [-0.05, 0) is 36.3 Å². The number of aromatic nitrogens is 1. The number of likely N-dealkylation sites (tertiary alicyclic amines) is 1. The van der Waals surface area contributed by atoms with Crippen LogP contribution in [0.5, 0.6) is 0 Å². The first kappa shape index (κ1) is 15.5. The molecule has 3 rings (SSSR count). The minimum atomic E-state index is -0.426. The van der Waals surface area contributed by atoms with Crippen LogP contribution in [0.15, 0.2) is 36.0 Å². The molecule has 2 aromatic heterocycles. The fourth-order valence-corrected chi connectivity index (χ4v) is 3.80. The number of amides is 1. The van der Waals surface area contributed by atoms with Gasteiger partial charge in [0.2, 0.25) is 0 Å². The minimum absolute atomic E-state index is 0.0425. The number of thiophene rings is 1. The van der Waals surface area contributed by atoms with Crippen molar-refractivity contribution in [3.05, 3.63) is 51.4 Å². The maximum absolute atomic E-state index is 12.4. The van der Waals surface area contributed by atoms with E-state index in [9.17, 15) is 9.90 Å². The van der Waals surface area contributed by atoms with Crippen LogP contribution in [0.4, 0.5) is 0 Å². The smallest absolute Gasteiger partial charge is 0.255 e. The average Bonchev–Trinajstić information content (AvgIpc) is 3.08. The van der Waals surface area contributed by atoms with Crippen LogP contribution in [-0.4, -0.2) is 34.0 Å². The number of pyridine rings is 1. The quantitative estimate of drug-likeness (QED) is 0.934. The van der Waals surface area contributed by atoms with Crippen LogP contribution in [0.3, 0.4) is 0 Å². The van der Waals surface area contributed by atoms with Gasteiger partial charge in [-0.1, -0.05) is 17.7 Å². The van der Waals surface area contributed by atoms with E-state index in [-0.39, 0.29) is 11.8 Å². The Labute approximate surface area is 138 Å². The second-order valence-electron chi connectivity index (χ2n) is 5.48. The summed E-state index contributed by atoms with van der Waals surface area (Å²) in [6.45, 7) is 1.30. The maximum atomic E-state index is 12.4. The number of hydrogen-bond acceptors (Lipinski definition) is 4. The van der Waals surface area contributed by atoms with Gasteiger partial charge in [0.05, 0.1) is 16.7 Å². The topological polar surface area (TPSA) is 53.4 Å². The van der Waals surface area contributed by atoms with Crippen LogP contribution >= 0.6 is 22.9 Å². The largest absolute Gasteiger partial charge is 0.387 e. The first-order valence-corrected chi connectivity index (χ1v) is 8.52. The lowest BCUT2D eigenvalue weighted by Crippen LogP contribution is -2.39. The summed E-state index contributed by atoms with van der Waals surface area (Å²) in [6, 6.07) is 5.56. The molecule has 0 radical (unpaired) electrons. The number of nitrogens with zero attached hydrogens (tertiary/aromatic N) is 2. The number of piperidine rings is 1. The summed E-state index contributed by atoms with van der Waals surface area (Å²) in [7, 11) is 0. The van der Waals surface area contributed by atoms with Crippen LogP contribution in [-0.2, 0) is 0 Å². The van der Waals surface area contributed by atoms with Crippen molar-refractivity contribution in [2.24, 2.45) is 5.92 Å². The van der Waals surface area contributed by atoms with E-state index in [0.717, 1.165) is 17.7 Å². The van der Waals surface area contributed by atoms with Gasteiger partial charge in [0.15, 0.2) is 0 Å². The molecule has 1 fully saturated rings. The van der Waals surface area contributed by atoms with Gasteiger partial charge in [0.1, 0.15) is 0 Å². The molecule has 22 heavy (non-hydrogen) atoms. The minimum Gasteiger partial charge on any atom is -0.387 e. The van der Waals surface area contributed by atoms with E-state index >= 15 is 0 Å². The lowest BCUT2D eigenvalue weighted by Gasteiger charge is -2.34. The molecule has 0 saturated carbocycles. The highest BCUT2D eigenvalue weighted by atomic mass is 35.5. The van der Waals surface area contributed by atoms with E-state index < -0.39 is 6.10 Å². The van der Waals surface area contributed by atoms with Crippen molar-refractivity contribution in [3.63, 3.8) is 0 Å². The van der Waals surface area contributed by atoms with Crippen molar-refractivity contribution in [2.45, 2.75) is 18.9 Å². The highest BCUT2D eigenvalue weighted by molar-refractivity contribution is 7.10. The average molecular weight is 337 g/mol. The summed E-state index contributed by atoms with van der Waals surface area (Å²) >= 11 is 7.46. The van der Waals surface area contributed by atoms with E-state index in [1.54, 1.807) is 23.6 Å². The van der Waals surface area contributed by atoms with Gasteiger partial charge in [-0.25, -0.2) is 0 Å². The Morgan fingerprint density at radius 3 is 2.82 bits per heavy atom. The van der Waals surface area contributed by atoms with Crippen molar-refractivity contribution in [2.75, 3.05) is 13.1 Å². The predicted octanol–water partition coefficient (Wildman–Crippen LogP) is 3.38. The van der Waals surface area contributed by atoms with Crippen molar-refractivity contribution in [1.29, 1.82) is 0 Å². The van der Waals surface area contributed by atoms with Crippen LogP contribution in [0.1, 0.15) is 34.2 Å². The Kier molecular flexibility index (Phi) is 4.76. The third kappa shape index (κ3) is 3.32. The second-order valence-corrected chi connectivity index (χ2v) is 6.90. The van der Waals surface area contributed by atoms with E-state index in [4.69, 9.17) is 11.6 Å². The molecule has 2 aromatic rings. The fourth-order valence-electron chi connectivity index (χ4n) is 2.82. The zero-order chi connectivity index (χ0) is 15.5. The molecule has 1 saturated heterocycles. The standard InChI is InChI=1S/C16H17ClN2O2S/c17-13-8-12(9-18-10-13)16(21)19-5-3-11(4-6-19)15(20)14-2-1-7-22-14/h1-2,7-11,15,20H,3-6H2. The number of carbonyl (C=O) groups excluding carboxylic acids is 1. The van der Waals surface area contributed by atoms with Gasteiger partial charge in [-0.2, -0.15) is 0 Å². The monoisotopic (exact) mass is 336 g/mol. The molecule has 0 aromatic carbocycles. The molecule has 4 nitrogen and oxygen atoms in total. The van der Waals surface area contributed by atoms with Gasteiger partial charge in [0, 0.05) is 30.4 Å². The number of aliphatic hydroxyl groups excluding tert-OH is 1. The third-order valence-corrected chi connectivity index (χ3v) is 5.21.